The predicted molar refractivity (Wildman–Crippen MR) is 84.8 cm³/mol. The lowest BCUT2D eigenvalue weighted by Crippen LogP contribution is -2.51. The van der Waals surface area contributed by atoms with Gasteiger partial charge < -0.3 is 19.9 Å². The predicted octanol–water partition coefficient (Wildman–Crippen LogP) is 2.58. The van der Waals surface area contributed by atoms with Gasteiger partial charge in [0.15, 0.2) is 0 Å². The number of carbonyl (C=O) groups is 2. The van der Waals surface area contributed by atoms with Crippen molar-refractivity contribution in [3.63, 3.8) is 0 Å². The summed E-state index contributed by atoms with van der Waals surface area (Å²) in [7, 11) is 0. The maximum absolute atomic E-state index is 12.2. The van der Waals surface area contributed by atoms with E-state index in [0.29, 0.717) is 19.1 Å². The van der Waals surface area contributed by atoms with Gasteiger partial charge in [-0.05, 0) is 53.4 Å². The molecule has 22 heavy (non-hydrogen) atoms. The first-order chi connectivity index (χ1) is 10.3. The average molecular weight is 311 g/mol. The van der Waals surface area contributed by atoms with Crippen LogP contribution in [0.1, 0.15) is 53.4 Å². The molecule has 126 valence electrons. The summed E-state index contributed by atoms with van der Waals surface area (Å²) in [4.78, 5) is 27.9. The molecule has 0 aromatic carbocycles. The number of hydrogen-bond donors (Lipinski definition) is 1. The smallest absolute Gasteiger partial charge is 0.410 e. The van der Waals surface area contributed by atoms with Gasteiger partial charge in [0.2, 0.25) is 0 Å². The van der Waals surface area contributed by atoms with Gasteiger partial charge in [-0.1, -0.05) is 0 Å². The molecule has 2 rings (SSSR count). The number of hydrogen-bond acceptors (Lipinski definition) is 3. The van der Waals surface area contributed by atoms with Gasteiger partial charge in [-0.3, -0.25) is 0 Å². The minimum Gasteiger partial charge on any atom is -0.444 e. The molecule has 0 spiro atoms. The van der Waals surface area contributed by atoms with Crippen LogP contribution in [0, 0.1) is 0 Å². The maximum atomic E-state index is 12.2. The molecular formula is C16H29N3O3. The van der Waals surface area contributed by atoms with Crippen molar-refractivity contribution in [3.8, 4) is 0 Å². The van der Waals surface area contributed by atoms with E-state index in [9.17, 15) is 9.59 Å². The molecule has 1 N–H and O–H groups in total. The molecule has 1 saturated heterocycles. The number of ether oxygens (including phenoxy) is 1. The highest BCUT2D eigenvalue weighted by Crippen LogP contribution is 2.26. The average Bonchev–Trinajstić information content (AvgIpc) is 3.23. The van der Waals surface area contributed by atoms with Crippen molar-refractivity contribution >= 4 is 12.1 Å². The molecule has 2 fully saturated rings. The van der Waals surface area contributed by atoms with Crippen molar-refractivity contribution in [3.05, 3.63) is 0 Å². The fraction of sp³-hybridized carbons (Fsp3) is 0.875. The van der Waals surface area contributed by atoms with E-state index in [4.69, 9.17) is 4.74 Å². The lowest BCUT2D eigenvalue weighted by molar-refractivity contribution is 0.0200. The number of nitrogens with one attached hydrogen (secondary N) is 1. The van der Waals surface area contributed by atoms with Crippen LogP contribution >= 0.6 is 0 Å². The fourth-order valence-corrected chi connectivity index (χ4v) is 2.74. The highest BCUT2D eigenvalue weighted by Gasteiger charge is 2.33. The molecular weight excluding hydrogens is 282 g/mol. The zero-order valence-electron chi connectivity index (χ0n) is 14.2. The Labute approximate surface area is 133 Å². The van der Waals surface area contributed by atoms with Gasteiger partial charge in [0.1, 0.15) is 5.60 Å². The molecule has 0 unspecified atom stereocenters. The molecule has 1 heterocycles. The maximum Gasteiger partial charge on any atom is 0.410 e. The first-order valence-electron chi connectivity index (χ1n) is 8.35. The van der Waals surface area contributed by atoms with E-state index in [1.165, 1.54) is 0 Å². The number of nitrogens with zero attached hydrogens (tertiary/aromatic N) is 2. The second-order valence-corrected chi connectivity index (χ2v) is 7.21. The molecule has 0 aromatic heterocycles. The van der Waals surface area contributed by atoms with Gasteiger partial charge in [-0.2, -0.15) is 0 Å². The molecule has 1 aliphatic heterocycles. The quantitative estimate of drug-likeness (QED) is 0.871. The van der Waals surface area contributed by atoms with Gasteiger partial charge in [-0.15, -0.1) is 0 Å². The van der Waals surface area contributed by atoms with E-state index in [-0.39, 0.29) is 18.2 Å². The van der Waals surface area contributed by atoms with E-state index >= 15 is 0 Å². The van der Waals surface area contributed by atoms with Crippen LogP contribution in [0.2, 0.25) is 0 Å². The van der Waals surface area contributed by atoms with Crippen molar-refractivity contribution in [2.45, 2.75) is 71.1 Å². The van der Waals surface area contributed by atoms with Crippen LogP contribution in [-0.4, -0.2) is 59.2 Å². The summed E-state index contributed by atoms with van der Waals surface area (Å²) in [6, 6.07) is 0.631. The highest BCUT2D eigenvalue weighted by molar-refractivity contribution is 5.75. The van der Waals surface area contributed by atoms with Crippen LogP contribution in [0.4, 0.5) is 9.59 Å². The standard InChI is InChI=1S/C16H29N3O3/c1-5-19(13-6-7-13)14(20)17-12-8-10-18(11-9-12)15(21)22-16(2,3)4/h12-13H,5-11H2,1-4H3,(H,17,20). The molecule has 3 amide bonds. The van der Waals surface area contributed by atoms with Crippen molar-refractivity contribution in [2.75, 3.05) is 19.6 Å². The monoisotopic (exact) mass is 311 g/mol. The Morgan fingerprint density at radius 1 is 1.18 bits per heavy atom. The van der Waals surface area contributed by atoms with Crippen LogP contribution in [0.3, 0.4) is 0 Å². The molecule has 0 aromatic rings. The third kappa shape index (κ3) is 4.78. The first kappa shape index (κ1) is 16.9. The SMILES string of the molecule is CCN(C(=O)NC1CCN(C(=O)OC(C)(C)C)CC1)C1CC1. The number of piperidine rings is 1. The number of carbonyl (C=O) groups excluding carboxylic acids is 2. The van der Waals surface area contributed by atoms with Gasteiger partial charge in [0, 0.05) is 31.7 Å². The van der Waals surface area contributed by atoms with Crippen molar-refractivity contribution in [1.29, 1.82) is 0 Å². The zero-order chi connectivity index (χ0) is 16.3. The van der Waals surface area contributed by atoms with E-state index in [1.54, 1.807) is 4.90 Å². The largest absolute Gasteiger partial charge is 0.444 e. The van der Waals surface area contributed by atoms with Crippen molar-refractivity contribution in [2.24, 2.45) is 0 Å². The summed E-state index contributed by atoms with van der Waals surface area (Å²) >= 11 is 0. The molecule has 6 heteroatoms. The topological polar surface area (TPSA) is 61.9 Å². The van der Waals surface area contributed by atoms with Crippen LogP contribution in [0.15, 0.2) is 0 Å². The fourth-order valence-electron chi connectivity index (χ4n) is 2.74. The van der Waals surface area contributed by atoms with Gasteiger partial charge >= 0.3 is 12.1 Å². The molecule has 0 bridgehead atoms. The minimum atomic E-state index is -0.464. The second-order valence-electron chi connectivity index (χ2n) is 7.21. The Morgan fingerprint density at radius 2 is 1.77 bits per heavy atom. The van der Waals surface area contributed by atoms with E-state index in [1.807, 2.05) is 32.6 Å². The van der Waals surface area contributed by atoms with E-state index in [0.717, 1.165) is 32.2 Å². The molecule has 6 nitrogen and oxygen atoms in total. The Bertz CT molecular complexity index is 407. The van der Waals surface area contributed by atoms with Crippen LogP contribution in [0.25, 0.3) is 0 Å². The molecule has 2 aliphatic rings. The van der Waals surface area contributed by atoms with Crippen molar-refractivity contribution < 1.29 is 14.3 Å². The normalized spacial score (nSPS) is 19.7. The van der Waals surface area contributed by atoms with E-state index in [2.05, 4.69) is 5.32 Å². The second kappa shape index (κ2) is 6.75. The summed E-state index contributed by atoms with van der Waals surface area (Å²) in [6.07, 6.45) is 3.56. The van der Waals surface area contributed by atoms with Crippen LogP contribution in [0.5, 0.6) is 0 Å². The third-order valence-corrected chi connectivity index (χ3v) is 4.06. The van der Waals surface area contributed by atoms with Gasteiger partial charge in [0.05, 0.1) is 0 Å². The summed E-state index contributed by atoms with van der Waals surface area (Å²) in [5.74, 6) is 0. The Morgan fingerprint density at radius 3 is 2.23 bits per heavy atom. The number of amides is 3. The summed E-state index contributed by atoms with van der Waals surface area (Å²) in [5, 5.41) is 3.11. The Kier molecular flexibility index (Phi) is 5.19. The molecule has 0 radical (unpaired) electrons. The summed E-state index contributed by atoms with van der Waals surface area (Å²) in [5.41, 5.74) is -0.464. The molecule has 1 aliphatic carbocycles. The summed E-state index contributed by atoms with van der Waals surface area (Å²) < 4.78 is 5.38. The van der Waals surface area contributed by atoms with Crippen molar-refractivity contribution in [1.82, 2.24) is 15.1 Å². The van der Waals surface area contributed by atoms with Gasteiger partial charge in [-0.25, -0.2) is 9.59 Å². The molecule has 1 saturated carbocycles. The summed E-state index contributed by atoms with van der Waals surface area (Å²) in [6.45, 7) is 9.65. The number of urea groups is 1. The Hall–Kier alpha value is -1.46. The van der Waals surface area contributed by atoms with Crippen LogP contribution in [-0.2, 0) is 4.74 Å². The zero-order valence-corrected chi connectivity index (χ0v) is 14.2. The minimum absolute atomic E-state index is 0.0423. The highest BCUT2D eigenvalue weighted by atomic mass is 16.6. The van der Waals surface area contributed by atoms with Gasteiger partial charge in [0.25, 0.3) is 0 Å². The number of rotatable bonds is 3. The van der Waals surface area contributed by atoms with E-state index < -0.39 is 5.60 Å². The lowest BCUT2D eigenvalue weighted by atomic mass is 10.1. The van der Waals surface area contributed by atoms with Crippen LogP contribution < -0.4 is 5.32 Å². The third-order valence-electron chi connectivity index (χ3n) is 4.06. The Balaban J connectivity index is 1.75. The lowest BCUT2D eigenvalue weighted by Gasteiger charge is -2.34. The molecule has 0 atom stereocenters. The number of likely N-dealkylation sites (tertiary alicyclic amines) is 1. The first-order valence-corrected chi connectivity index (χ1v) is 8.35.